The van der Waals surface area contributed by atoms with Gasteiger partial charge in [-0.25, -0.2) is 0 Å². The van der Waals surface area contributed by atoms with E-state index < -0.39 is 0 Å². The lowest BCUT2D eigenvalue weighted by molar-refractivity contribution is 0.112. The average molecular weight is 206 g/mol. The molecule has 3 nitrogen and oxygen atoms in total. The van der Waals surface area contributed by atoms with Crippen LogP contribution in [-0.2, 0) is 0 Å². The van der Waals surface area contributed by atoms with E-state index in [0.717, 1.165) is 27.1 Å². The lowest BCUT2D eigenvalue weighted by Gasteiger charge is -2.10. The van der Waals surface area contributed by atoms with E-state index in [2.05, 4.69) is 4.98 Å². The Labute approximate surface area is 86.0 Å². The maximum Gasteiger partial charge on any atom is 0.162 e. The first-order valence-corrected chi connectivity index (χ1v) is 5.05. The van der Waals surface area contributed by atoms with Gasteiger partial charge < -0.3 is 4.90 Å². The standard InChI is InChI=1S/C10H10N2OS/c1-12(2)10-8(6-13)14-7-4-3-5-11-9(7)10/h3-6H,1-2H3. The van der Waals surface area contributed by atoms with Crippen LogP contribution in [0.25, 0.3) is 10.2 Å². The zero-order valence-corrected chi connectivity index (χ0v) is 8.84. The first-order valence-electron chi connectivity index (χ1n) is 4.24. The van der Waals surface area contributed by atoms with Crippen molar-refractivity contribution in [3.8, 4) is 0 Å². The van der Waals surface area contributed by atoms with Gasteiger partial charge in [-0.15, -0.1) is 11.3 Å². The molecule has 0 aliphatic carbocycles. The highest BCUT2D eigenvalue weighted by molar-refractivity contribution is 7.21. The number of aromatic nitrogens is 1. The van der Waals surface area contributed by atoms with Crippen LogP contribution in [0.5, 0.6) is 0 Å². The minimum atomic E-state index is 0.740. The number of nitrogens with zero attached hydrogens (tertiary/aromatic N) is 2. The van der Waals surface area contributed by atoms with E-state index >= 15 is 0 Å². The van der Waals surface area contributed by atoms with Gasteiger partial charge >= 0.3 is 0 Å². The summed E-state index contributed by atoms with van der Waals surface area (Å²) in [5.41, 5.74) is 1.82. The minimum absolute atomic E-state index is 0.740. The zero-order valence-electron chi connectivity index (χ0n) is 8.02. The molecule has 0 saturated carbocycles. The SMILES string of the molecule is CN(C)c1c(C=O)sc2cccnc12. The normalized spacial score (nSPS) is 10.4. The summed E-state index contributed by atoms with van der Waals surface area (Å²) in [6, 6.07) is 3.86. The molecule has 0 unspecified atom stereocenters. The second-order valence-corrected chi connectivity index (χ2v) is 4.26. The van der Waals surface area contributed by atoms with Crippen molar-refractivity contribution in [3.05, 3.63) is 23.2 Å². The van der Waals surface area contributed by atoms with Crippen LogP contribution in [0.1, 0.15) is 9.67 Å². The van der Waals surface area contributed by atoms with Crippen molar-refractivity contribution in [2.45, 2.75) is 0 Å². The van der Waals surface area contributed by atoms with Crippen molar-refractivity contribution in [3.63, 3.8) is 0 Å². The molecule has 4 heteroatoms. The van der Waals surface area contributed by atoms with E-state index in [0.29, 0.717) is 0 Å². The van der Waals surface area contributed by atoms with Crippen LogP contribution < -0.4 is 4.90 Å². The van der Waals surface area contributed by atoms with Gasteiger partial charge in [-0.05, 0) is 12.1 Å². The summed E-state index contributed by atoms with van der Waals surface area (Å²) < 4.78 is 1.05. The Balaban J connectivity index is 2.80. The lowest BCUT2D eigenvalue weighted by Crippen LogP contribution is -2.09. The molecule has 0 aromatic carbocycles. The summed E-state index contributed by atoms with van der Waals surface area (Å²) in [5, 5.41) is 0. The molecule has 72 valence electrons. The Morgan fingerprint density at radius 3 is 2.93 bits per heavy atom. The Morgan fingerprint density at radius 1 is 1.50 bits per heavy atom. The quantitative estimate of drug-likeness (QED) is 0.706. The van der Waals surface area contributed by atoms with Crippen LogP contribution in [0.2, 0.25) is 0 Å². The maximum atomic E-state index is 10.9. The summed E-state index contributed by atoms with van der Waals surface area (Å²) in [6.45, 7) is 0. The van der Waals surface area contributed by atoms with Gasteiger partial charge in [0.2, 0.25) is 0 Å². The fourth-order valence-electron chi connectivity index (χ4n) is 1.45. The molecule has 2 aromatic rings. The molecule has 2 heterocycles. The molecule has 0 atom stereocenters. The molecule has 0 aliphatic heterocycles. The number of anilines is 1. The van der Waals surface area contributed by atoms with Gasteiger partial charge in [-0.1, -0.05) is 0 Å². The number of thiophene rings is 1. The Bertz CT molecular complexity index is 476. The zero-order chi connectivity index (χ0) is 10.1. The summed E-state index contributed by atoms with van der Waals surface area (Å²) >= 11 is 1.48. The van der Waals surface area contributed by atoms with Crippen LogP contribution >= 0.6 is 11.3 Å². The minimum Gasteiger partial charge on any atom is -0.375 e. The third-order valence-corrected chi connectivity index (χ3v) is 3.06. The van der Waals surface area contributed by atoms with Gasteiger partial charge in [0.1, 0.15) is 5.52 Å². The van der Waals surface area contributed by atoms with E-state index in [1.165, 1.54) is 11.3 Å². The Hall–Kier alpha value is -1.42. The second-order valence-electron chi connectivity index (χ2n) is 3.18. The summed E-state index contributed by atoms with van der Waals surface area (Å²) in [5.74, 6) is 0. The number of aldehydes is 1. The Morgan fingerprint density at radius 2 is 2.29 bits per heavy atom. The molecule has 2 rings (SSSR count). The van der Waals surface area contributed by atoms with Gasteiger partial charge in [0.05, 0.1) is 15.3 Å². The van der Waals surface area contributed by atoms with Crippen molar-refractivity contribution < 1.29 is 4.79 Å². The molecule has 0 radical (unpaired) electrons. The fraction of sp³-hybridized carbons (Fsp3) is 0.200. The molecule has 2 aromatic heterocycles. The van der Waals surface area contributed by atoms with Gasteiger partial charge in [-0.3, -0.25) is 9.78 Å². The average Bonchev–Trinajstić information content (AvgIpc) is 2.55. The number of carbonyl (C=O) groups excluding carboxylic acids is 1. The summed E-state index contributed by atoms with van der Waals surface area (Å²) in [7, 11) is 3.84. The molecule has 0 spiro atoms. The maximum absolute atomic E-state index is 10.9. The van der Waals surface area contributed by atoms with E-state index in [1.54, 1.807) is 6.20 Å². The highest BCUT2D eigenvalue weighted by atomic mass is 32.1. The smallest absolute Gasteiger partial charge is 0.162 e. The second kappa shape index (κ2) is 3.38. The number of carbonyl (C=O) groups is 1. The predicted octanol–water partition coefficient (Wildman–Crippen LogP) is 2.17. The molecule has 0 fully saturated rings. The van der Waals surface area contributed by atoms with Gasteiger partial charge in [0, 0.05) is 20.3 Å². The van der Waals surface area contributed by atoms with Crippen molar-refractivity contribution in [2.24, 2.45) is 0 Å². The highest BCUT2D eigenvalue weighted by Crippen LogP contribution is 2.34. The number of rotatable bonds is 2. The number of fused-ring (bicyclic) bond motifs is 1. The van der Waals surface area contributed by atoms with Gasteiger partial charge in [-0.2, -0.15) is 0 Å². The molecule has 0 amide bonds. The lowest BCUT2D eigenvalue weighted by atomic mass is 10.3. The van der Waals surface area contributed by atoms with Gasteiger partial charge in [0.25, 0.3) is 0 Å². The number of pyridine rings is 1. The molecule has 0 bridgehead atoms. The van der Waals surface area contributed by atoms with Crippen molar-refractivity contribution in [1.29, 1.82) is 0 Å². The van der Waals surface area contributed by atoms with Crippen LogP contribution in [0, 0.1) is 0 Å². The van der Waals surface area contributed by atoms with Crippen molar-refractivity contribution in [2.75, 3.05) is 19.0 Å². The molecular weight excluding hydrogens is 196 g/mol. The van der Waals surface area contributed by atoms with Gasteiger partial charge in [0.15, 0.2) is 6.29 Å². The van der Waals surface area contributed by atoms with E-state index in [-0.39, 0.29) is 0 Å². The largest absolute Gasteiger partial charge is 0.375 e. The van der Waals surface area contributed by atoms with E-state index in [4.69, 9.17) is 0 Å². The predicted molar refractivity (Wildman–Crippen MR) is 59.3 cm³/mol. The van der Waals surface area contributed by atoms with E-state index in [1.807, 2.05) is 31.1 Å². The molecule has 0 N–H and O–H groups in total. The Kier molecular flexibility index (Phi) is 2.21. The number of hydrogen-bond donors (Lipinski definition) is 0. The fourth-order valence-corrected chi connectivity index (χ4v) is 2.50. The third-order valence-electron chi connectivity index (χ3n) is 2.00. The van der Waals surface area contributed by atoms with Crippen molar-refractivity contribution in [1.82, 2.24) is 4.98 Å². The highest BCUT2D eigenvalue weighted by Gasteiger charge is 2.13. The monoisotopic (exact) mass is 206 g/mol. The van der Waals surface area contributed by atoms with Crippen LogP contribution in [0.3, 0.4) is 0 Å². The molecular formula is C10H10N2OS. The third kappa shape index (κ3) is 1.28. The number of hydrogen-bond acceptors (Lipinski definition) is 4. The van der Waals surface area contributed by atoms with Crippen LogP contribution in [0.15, 0.2) is 18.3 Å². The van der Waals surface area contributed by atoms with Crippen molar-refractivity contribution >= 4 is 33.5 Å². The first kappa shape index (κ1) is 9.15. The summed E-state index contributed by atoms with van der Waals surface area (Å²) in [4.78, 5) is 17.8. The molecule has 0 aliphatic rings. The summed E-state index contributed by atoms with van der Waals surface area (Å²) in [6.07, 6.45) is 2.64. The van der Waals surface area contributed by atoms with Crippen LogP contribution in [0.4, 0.5) is 5.69 Å². The molecule has 14 heavy (non-hydrogen) atoms. The van der Waals surface area contributed by atoms with E-state index in [9.17, 15) is 4.79 Å². The first-order chi connectivity index (χ1) is 6.74. The molecule has 0 saturated heterocycles. The topological polar surface area (TPSA) is 33.2 Å². The van der Waals surface area contributed by atoms with Crippen LogP contribution in [-0.4, -0.2) is 25.4 Å².